The molecule has 0 bridgehead atoms. The van der Waals surface area contributed by atoms with E-state index >= 15 is 0 Å². The van der Waals surface area contributed by atoms with Gasteiger partial charge in [-0.3, -0.25) is 4.79 Å². The van der Waals surface area contributed by atoms with Crippen LogP contribution < -0.4 is 5.32 Å². The van der Waals surface area contributed by atoms with E-state index in [9.17, 15) is 9.59 Å². The fourth-order valence-corrected chi connectivity index (χ4v) is 3.64. The lowest BCUT2D eigenvalue weighted by Crippen LogP contribution is -2.54. The number of urea groups is 1. The summed E-state index contributed by atoms with van der Waals surface area (Å²) in [5.41, 5.74) is 0.632. The van der Waals surface area contributed by atoms with Crippen LogP contribution in [0.25, 0.3) is 0 Å². The number of nitrogens with zero attached hydrogens (tertiary/aromatic N) is 2. The van der Waals surface area contributed by atoms with Crippen LogP contribution in [0, 0.1) is 13.8 Å². The number of nitrogens with one attached hydrogen (secondary N) is 1. The maximum Gasteiger partial charge on any atom is 0.317 e. The molecule has 1 aromatic heterocycles. The molecule has 2 aliphatic rings. The van der Waals surface area contributed by atoms with Crippen molar-refractivity contribution in [2.24, 2.45) is 0 Å². The van der Waals surface area contributed by atoms with Gasteiger partial charge in [-0.15, -0.1) is 0 Å². The number of hydrogen-bond acceptors (Lipinski definition) is 3. The van der Waals surface area contributed by atoms with E-state index < -0.39 is 0 Å². The lowest BCUT2D eigenvalue weighted by molar-refractivity contribution is 0.0661. The van der Waals surface area contributed by atoms with Crippen molar-refractivity contribution < 1.29 is 14.0 Å². The number of hydrogen-bond donors (Lipinski definition) is 1. The SMILES string of the molecule is Cc1cc(C(=O)N2CCN(C(=O)NC3CCCCC3)CC2)c(C)o1. The van der Waals surface area contributed by atoms with E-state index in [1.54, 1.807) is 6.07 Å². The van der Waals surface area contributed by atoms with Gasteiger partial charge in [0.05, 0.1) is 5.56 Å². The highest BCUT2D eigenvalue weighted by molar-refractivity contribution is 5.95. The van der Waals surface area contributed by atoms with Gasteiger partial charge in [0.1, 0.15) is 11.5 Å². The minimum absolute atomic E-state index is 0.00307. The van der Waals surface area contributed by atoms with Gasteiger partial charge < -0.3 is 19.5 Å². The van der Waals surface area contributed by atoms with Crippen LogP contribution in [0.2, 0.25) is 0 Å². The zero-order chi connectivity index (χ0) is 17.1. The van der Waals surface area contributed by atoms with Crippen molar-refractivity contribution in [2.75, 3.05) is 26.2 Å². The average Bonchev–Trinajstić information content (AvgIpc) is 2.93. The van der Waals surface area contributed by atoms with Crippen LogP contribution in [0.15, 0.2) is 10.5 Å². The van der Waals surface area contributed by atoms with E-state index in [-0.39, 0.29) is 11.9 Å². The first-order chi connectivity index (χ1) is 11.5. The van der Waals surface area contributed by atoms with Gasteiger partial charge in [0.25, 0.3) is 5.91 Å². The van der Waals surface area contributed by atoms with Crippen molar-refractivity contribution in [3.63, 3.8) is 0 Å². The maximum atomic E-state index is 12.6. The molecule has 0 radical (unpaired) electrons. The van der Waals surface area contributed by atoms with Crippen LogP contribution in [0.1, 0.15) is 54.0 Å². The quantitative estimate of drug-likeness (QED) is 0.905. The van der Waals surface area contributed by atoms with Crippen LogP contribution in [0.4, 0.5) is 4.79 Å². The van der Waals surface area contributed by atoms with Crippen molar-refractivity contribution in [1.29, 1.82) is 0 Å². The standard InChI is InChI=1S/C18H27N3O3/c1-13-12-16(14(2)24-13)17(22)20-8-10-21(11-9-20)18(23)19-15-6-4-3-5-7-15/h12,15H,3-11H2,1-2H3,(H,19,23). The molecule has 3 rings (SSSR count). The van der Waals surface area contributed by atoms with Gasteiger partial charge in [0.2, 0.25) is 0 Å². The Hall–Kier alpha value is -1.98. The van der Waals surface area contributed by atoms with E-state index in [1.807, 2.05) is 23.6 Å². The van der Waals surface area contributed by atoms with Gasteiger partial charge in [0, 0.05) is 32.2 Å². The summed E-state index contributed by atoms with van der Waals surface area (Å²) in [5, 5.41) is 3.15. The third-order valence-corrected chi connectivity index (χ3v) is 5.06. The van der Waals surface area contributed by atoms with Gasteiger partial charge in [-0.25, -0.2) is 4.79 Å². The average molecular weight is 333 g/mol. The van der Waals surface area contributed by atoms with Crippen molar-refractivity contribution in [1.82, 2.24) is 15.1 Å². The Morgan fingerprint density at radius 3 is 2.25 bits per heavy atom. The summed E-state index contributed by atoms with van der Waals surface area (Å²) in [5.74, 6) is 1.41. The zero-order valence-electron chi connectivity index (χ0n) is 14.6. The van der Waals surface area contributed by atoms with Crippen LogP contribution >= 0.6 is 0 Å². The molecule has 1 N–H and O–H groups in total. The normalized spacial score (nSPS) is 19.4. The predicted octanol–water partition coefficient (Wildman–Crippen LogP) is 2.70. The summed E-state index contributed by atoms with van der Waals surface area (Å²) in [7, 11) is 0. The first-order valence-electron chi connectivity index (χ1n) is 8.96. The monoisotopic (exact) mass is 333 g/mol. The summed E-state index contributed by atoms with van der Waals surface area (Å²) in [4.78, 5) is 28.6. The van der Waals surface area contributed by atoms with Crippen molar-refractivity contribution >= 4 is 11.9 Å². The molecule has 1 saturated heterocycles. The minimum atomic E-state index is -0.00307. The van der Waals surface area contributed by atoms with Crippen molar-refractivity contribution in [3.8, 4) is 0 Å². The molecule has 132 valence electrons. The molecular weight excluding hydrogens is 306 g/mol. The Labute approximate surface area is 143 Å². The Kier molecular flexibility index (Phi) is 5.11. The second kappa shape index (κ2) is 7.28. The number of aryl methyl sites for hydroxylation is 2. The summed E-state index contributed by atoms with van der Waals surface area (Å²) in [6.45, 7) is 5.97. The Balaban J connectivity index is 1.50. The smallest absolute Gasteiger partial charge is 0.317 e. The second-order valence-electron chi connectivity index (χ2n) is 6.89. The molecule has 1 aliphatic carbocycles. The number of carbonyl (C=O) groups excluding carboxylic acids is 2. The van der Waals surface area contributed by atoms with Gasteiger partial charge in [-0.2, -0.15) is 0 Å². The van der Waals surface area contributed by atoms with Crippen molar-refractivity contribution in [2.45, 2.75) is 52.0 Å². The Morgan fingerprint density at radius 2 is 1.67 bits per heavy atom. The summed E-state index contributed by atoms with van der Waals surface area (Å²) < 4.78 is 5.45. The molecule has 0 spiro atoms. The number of furan rings is 1. The summed E-state index contributed by atoms with van der Waals surface area (Å²) in [6, 6.07) is 2.13. The van der Waals surface area contributed by atoms with E-state index in [2.05, 4.69) is 5.32 Å². The fourth-order valence-electron chi connectivity index (χ4n) is 3.64. The van der Waals surface area contributed by atoms with Crippen molar-refractivity contribution in [3.05, 3.63) is 23.2 Å². The fraction of sp³-hybridized carbons (Fsp3) is 0.667. The molecule has 2 fully saturated rings. The highest BCUT2D eigenvalue weighted by Gasteiger charge is 2.27. The molecule has 3 amide bonds. The van der Waals surface area contributed by atoms with Crippen LogP contribution in [-0.2, 0) is 0 Å². The third-order valence-electron chi connectivity index (χ3n) is 5.06. The largest absolute Gasteiger partial charge is 0.466 e. The van der Waals surface area contributed by atoms with Crippen LogP contribution in [-0.4, -0.2) is 54.0 Å². The highest BCUT2D eigenvalue weighted by Crippen LogP contribution is 2.19. The molecule has 0 aromatic carbocycles. The maximum absolute atomic E-state index is 12.6. The molecule has 6 nitrogen and oxygen atoms in total. The van der Waals surface area contributed by atoms with E-state index in [0.717, 1.165) is 18.6 Å². The van der Waals surface area contributed by atoms with Gasteiger partial charge >= 0.3 is 6.03 Å². The molecular formula is C18H27N3O3. The van der Waals surface area contributed by atoms with Gasteiger partial charge in [0.15, 0.2) is 0 Å². The second-order valence-corrected chi connectivity index (χ2v) is 6.89. The van der Waals surface area contributed by atoms with Crippen LogP contribution in [0.5, 0.6) is 0 Å². The Morgan fingerprint density at radius 1 is 1.04 bits per heavy atom. The first-order valence-corrected chi connectivity index (χ1v) is 8.96. The number of piperazine rings is 1. The first kappa shape index (κ1) is 16.9. The molecule has 1 saturated carbocycles. The zero-order valence-corrected chi connectivity index (χ0v) is 14.6. The lowest BCUT2D eigenvalue weighted by Gasteiger charge is -2.36. The number of rotatable bonds is 2. The summed E-state index contributed by atoms with van der Waals surface area (Å²) in [6.07, 6.45) is 5.86. The van der Waals surface area contributed by atoms with E-state index in [0.29, 0.717) is 43.5 Å². The molecule has 1 aromatic rings. The van der Waals surface area contributed by atoms with Gasteiger partial charge in [-0.05, 0) is 32.8 Å². The van der Waals surface area contributed by atoms with Crippen LogP contribution in [0.3, 0.4) is 0 Å². The highest BCUT2D eigenvalue weighted by atomic mass is 16.3. The molecule has 1 aliphatic heterocycles. The molecule has 24 heavy (non-hydrogen) atoms. The summed E-state index contributed by atoms with van der Waals surface area (Å²) >= 11 is 0. The molecule has 6 heteroatoms. The topological polar surface area (TPSA) is 65.8 Å². The van der Waals surface area contributed by atoms with E-state index in [4.69, 9.17) is 4.42 Å². The molecule has 0 unspecified atom stereocenters. The molecule has 0 atom stereocenters. The Bertz CT molecular complexity index is 597. The van der Waals surface area contributed by atoms with Gasteiger partial charge in [-0.1, -0.05) is 19.3 Å². The minimum Gasteiger partial charge on any atom is -0.466 e. The molecule has 2 heterocycles. The number of carbonyl (C=O) groups is 2. The lowest BCUT2D eigenvalue weighted by atomic mass is 9.96. The van der Waals surface area contributed by atoms with E-state index in [1.165, 1.54) is 19.3 Å². The number of amides is 3. The predicted molar refractivity (Wildman–Crippen MR) is 91.1 cm³/mol. The third kappa shape index (κ3) is 3.74.